The number of rotatable bonds is 5. The predicted molar refractivity (Wildman–Crippen MR) is 113 cm³/mol. The van der Waals surface area contributed by atoms with Gasteiger partial charge < -0.3 is 18.8 Å². The monoisotopic (exact) mass is 412 g/mol. The summed E-state index contributed by atoms with van der Waals surface area (Å²) >= 11 is 0. The highest BCUT2D eigenvalue weighted by Crippen LogP contribution is 2.45. The van der Waals surface area contributed by atoms with Crippen LogP contribution in [0.25, 0.3) is 0 Å². The first-order chi connectivity index (χ1) is 14.3. The van der Waals surface area contributed by atoms with Crippen molar-refractivity contribution in [3.05, 3.63) is 52.7 Å². The Balaban J connectivity index is 1.57. The van der Waals surface area contributed by atoms with E-state index in [1.807, 2.05) is 4.90 Å². The molecule has 1 aromatic carbocycles. The molecule has 6 heteroatoms. The van der Waals surface area contributed by atoms with E-state index in [2.05, 4.69) is 50.0 Å². The number of ether oxygens (including phenoxy) is 2. The zero-order chi connectivity index (χ0) is 21.4. The number of aryl methyl sites for hydroxylation is 1. The second-order valence-electron chi connectivity index (χ2n) is 9.28. The molecule has 2 aliphatic heterocycles. The van der Waals surface area contributed by atoms with Gasteiger partial charge in [-0.15, -0.1) is 0 Å². The minimum absolute atomic E-state index is 0.179. The van der Waals surface area contributed by atoms with Crippen LogP contribution in [0.2, 0.25) is 0 Å². The van der Waals surface area contributed by atoms with Gasteiger partial charge in [-0.3, -0.25) is 4.79 Å². The molecule has 1 amide bonds. The van der Waals surface area contributed by atoms with E-state index in [1.54, 1.807) is 7.11 Å². The number of fused-ring (bicyclic) bond motifs is 1. The Labute approximate surface area is 178 Å². The van der Waals surface area contributed by atoms with Crippen LogP contribution in [0, 0.1) is 6.92 Å². The molecule has 1 atom stereocenters. The second kappa shape index (κ2) is 8.16. The van der Waals surface area contributed by atoms with Crippen molar-refractivity contribution in [1.29, 1.82) is 0 Å². The van der Waals surface area contributed by atoms with Gasteiger partial charge in [-0.25, -0.2) is 4.98 Å². The summed E-state index contributed by atoms with van der Waals surface area (Å²) in [5.41, 5.74) is 2.91. The van der Waals surface area contributed by atoms with Crippen LogP contribution >= 0.6 is 0 Å². The molecule has 1 fully saturated rings. The maximum absolute atomic E-state index is 13.5. The van der Waals surface area contributed by atoms with Crippen LogP contribution in [0.3, 0.4) is 0 Å². The van der Waals surface area contributed by atoms with E-state index in [4.69, 9.17) is 13.9 Å². The van der Waals surface area contributed by atoms with Gasteiger partial charge in [0.1, 0.15) is 18.1 Å². The van der Waals surface area contributed by atoms with Crippen LogP contribution in [0.1, 0.15) is 61.6 Å². The molecule has 0 N–H and O–H groups in total. The molecule has 1 saturated heterocycles. The van der Waals surface area contributed by atoms with E-state index >= 15 is 0 Å². The molecule has 1 unspecified atom stereocenters. The Morgan fingerprint density at radius 3 is 2.83 bits per heavy atom. The lowest BCUT2D eigenvalue weighted by molar-refractivity contribution is -0.137. The summed E-state index contributed by atoms with van der Waals surface area (Å²) in [6.07, 6.45) is 2.87. The molecule has 0 saturated carbocycles. The fraction of sp³-hybridized carbons (Fsp3) is 0.583. The average molecular weight is 413 g/mol. The Hall–Kier alpha value is -2.18. The average Bonchev–Trinajstić information content (AvgIpc) is 3.09. The van der Waals surface area contributed by atoms with Crippen molar-refractivity contribution in [2.24, 2.45) is 0 Å². The van der Waals surface area contributed by atoms with Crippen molar-refractivity contribution in [2.45, 2.75) is 70.6 Å². The summed E-state index contributed by atoms with van der Waals surface area (Å²) in [7, 11) is 1.62. The highest BCUT2D eigenvalue weighted by molar-refractivity contribution is 5.78. The molecule has 1 aromatic heterocycles. The standard InChI is InChI=1S/C24H32N2O4/c1-17-7-5-6-8-18(17)24(10-12-29-23(2,3)16-24)13-22(27)26-11-9-20-19(14-26)25-21(30-20)15-28-4/h5-8H,9-16H2,1-4H3. The van der Waals surface area contributed by atoms with Crippen molar-refractivity contribution < 1.29 is 18.7 Å². The molecule has 2 aliphatic rings. The molecule has 0 spiro atoms. The van der Waals surface area contributed by atoms with Gasteiger partial charge in [0.15, 0.2) is 0 Å². The minimum Gasteiger partial charge on any atom is -0.443 e. The van der Waals surface area contributed by atoms with Crippen LogP contribution in [-0.4, -0.2) is 41.7 Å². The lowest BCUT2D eigenvalue weighted by atomic mass is 9.66. The molecule has 3 heterocycles. The summed E-state index contributed by atoms with van der Waals surface area (Å²) in [5, 5.41) is 0. The Bertz CT molecular complexity index is 920. The van der Waals surface area contributed by atoms with Crippen molar-refractivity contribution in [3.63, 3.8) is 0 Å². The third-order valence-corrected chi connectivity index (χ3v) is 6.44. The minimum atomic E-state index is -0.253. The van der Waals surface area contributed by atoms with Crippen molar-refractivity contribution in [1.82, 2.24) is 9.88 Å². The number of oxazole rings is 1. The number of aromatic nitrogens is 1. The first-order valence-electron chi connectivity index (χ1n) is 10.8. The van der Waals surface area contributed by atoms with Crippen LogP contribution in [0.4, 0.5) is 0 Å². The highest BCUT2D eigenvalue weighted by Gasteiger charge is 2.45. The lowest BCUT2D eigenvalue weighted by Crippen LogP contribution is -2.48. The molecule has 6 nitrogen and oxygen atoms in total. The first kappa shape index (κ1) is 21.1. The molecule has 0 radical (unpaired) electrons. The highest BCUT2D eigenvalue weighted by atomic mass is 16.5. The van der Waals surface area contributed by atoms with E-state index in [0.717, 1.165) is 24.3 Å². The summed E-state index contributed by atoms with van der Waals surface area (Å²) in [6, 6.07) is 8.47. The van der Waals surface area contributed by atoms with E-state index in [0.29, 0.717) is 45.0 Å². The number of hydrogen-bond acceptors (Lipinski definition) is 5. The Morgan fingerprint density at radius 1 is 1.30 bits per heavy atom. The summed E-state index contributed by atoms with van der Waals surface area (Å²) in [5.74, 6) is 1.64. The molecular weight excluding hydrogens is 380 g/mol. The van der Waals surface area contributed by atoms with E-state index in [-0.39, 0.29) is 16.9 Å². The number of hydrogen-bond donors (Lipinski definition) is 0. The molecule has 2 aromatic rings. The first-order valence-corrected chi connectivity index (χ1v) is 10.8. The number of carbonyl (C=O) groups is 1. The van der Waals surface area contributed by atoms with E-state index in [9.17, 15) is 4.79 Å². The summed E-state index contributed by atoms with van der Waals surface area (Å²) < 4.78 is 16.9. The normalized spacial score (nSPS) is 23.3. The zero-order valence-electron chi connectivity index (χ0n) is 18.5. The van der Waals surface area contributed by atoms with Gasteiger partial charge >= 0.3 is 0 Å². The van der Waals surface area contributed by atoms with Crippen molar-refractivity contribution in [2.75, 3.05) is 20.3 Å². The van der Waals surface area contributed by atoms with Crippen LogP contribution in [0.5, 0.6) is 0 Å². The van der Waals surface area contributed by atoms with Gasteiger partial charge in [-0.2, -0.15) is 0 Å². The SMILES string of the molecule is COCc1nc2c(o1)CCN(C(=O)CC1(c3ccccc3C)CCOC(C)(C)C1)C2. The zero-order valence-corrected chi connectivity index (χ0v) is 18.5. The van der Waals surface area contributed by atoms with E-state index < -0.39 is 0 Å². The van der Waals surface area contributed by atoms with Crippen molar-refractivity contribution >= 4 is 5.91 Å². The fourth-order valence-electron chi connectivity index (χ4n) is 5.17. The molecule has 0 aliphatic carbocycles. The fourth-order valence-corrected chi connectivity index (χ4v) is 5.17. The summed E-state index contributed by atoms with van der Waals surface area (Å²) in [4.78, 5) is 20.0. The Morgan fingerprint density at radius 2 is 2.10 bits per heavy atom. The summed E-state index contributed by atoms with van der Waals surface area (Å²) in [6.45, 7) is 8.59. The maximum atomic E-state index is 13.5. The van der Waals surface area contributed by atoms with E-state index in [1.165, 1.54) is 11.1 Å². The largest absolute Gasteiger partial charge is 0.443 e. The van der Waals surface area contributed by atoms with Gasteiger partial charge in [0, 0.05) is 38.5 Å². The quantitative estimate of drug-likeness (QED) is 0.744. The molecule has 162 valence electrons. The second-order valence-corrected chi connectivity index (χ2v) is 9.28. The third-order valence-electron chi connectivity index (χ3n) is 6.44. The molecular formula is C24H32N2O4. The molecule has 0 bridgehead atoms. The number of benzene rings is 1. The maximum Gasteiger partial charge on any atom is 0.223 e. The van der Waals surface area contributed by atoms with Crippen molar-refractivity contribution in [3.8, 4) is 0 Å². The number of methoxy groups -OCH3 is 1. The molecule has 4 rings (SSSR count). The van der Waals surface area contributed by atoms with Gasteiger partial charge in [0.05, 0.1) is 12.1 Å². The number of carbonyl (C=O) groups excluding carboxylic acids is 1. The number of amides is 1. The van der Waals surface area contributed by atoms with Gasteiger partial charge in [0.25, 0.3) is 0 Å². The van der Waals surface area contributed by atoms with Crippen LogP contribution in [-0.2, 0) is 39.3 Å². The Kier molecular flexibility index (Phi) is 5.73. The topological polar surface area (TPSA) is 64.8 Å². The smallest absolute Gasteiger partial charge is 0.223 e. The predicted octanol–water partition coefficient (Wildman–Crippen LogP) is 3.93. The van der Waals surface area contributed by atoms with Gasteiger partial charge in [0.2, 0.25) is 11.8 Å². The van der Waals surface area contributed by atoms with Gasteiger partial charge in [-0.05, 0) is 44.7 Å². The third kappa shape index (κ3) is 4.16. The van der Waals surface area contributed by atoms with Crippen LogP contribution < -0.4 is 0 Å². The van der Waals surface area contributed by atoms with Crippen LogP contribution in [0.15, 0.2) is 28.7 Å². The van der Waals surface area contributed by atoms with Gasteiger partial charge in [-0.1, -0.05) is 24.3 Å². The number of nitrogens with zero attached hydrogens (tertiary/aromatic N) is 2. The molecule has 30 heavy (non-hydrogen) atoms. The lowest BCUT2D eigenvalue weighted by Gasteiger charge is -2.46.